The van der Waals surface area contributed by atoms with Crippen LogP contribution in [0.2, 0.25) is 0 Å². The van der Waals surface area contributed by atoms with Crippen molar-refractivity contribution < 1.29 is 9.59 Å². The lowest BCUT2D eigenvalue weighted by molar-refractivity contribution is -0.124. The van der Waals surface area contributed by atoms with E-state index in [0.29, 0.717) is 25.0 Å². The van der Waals surface area contributed by atoms with E-state index in [2.05, 4.69) is 34.3 Å². The molecule has 6 heteroatoms. The minimum absolute atomic E-state index is 0.0281. The van der Waals surface area contributed by atoms with Gasteiger partial charge in [-0.05, 0) is 43.7 Å². The molecule has 27 heavy (non-hydrogen) atoms. The van der Waals surface area contributed by atoms with E-state index >= 15 is 0 Å². The lowest BCUT2D eigenvalue weighted by Crippen LogP contribution is -2.51. The van der Waals surface area contributed by atoms with Crippen LogP contribution in [0.5, 0.6) is 0 Å². The number of piperazine rings is 1. The molecule has 1 aromatic rings. The van der Waals surface area contributed by atoms with Crippen LogP contribution in [0, 0.1) is 5.92 Å². The van der Waals surface area contributed by atoms with Gasteiger partial charge in [-0.1, -0.05) is 25.1 Å². The summed E-state index contributed by atoms with van der Waals surface area (Å²) in [6.45, 7) is 8.32. The van der Waals surface area contributed by atoms with Crippen LogP contribution in [0.4, 0.5) is 5.69 Å². The highest BCUT2D eigenvalue weighted by Crippen LogP contribution is 2.32. The molecular formula is C21H32N4O2. The van der Waals surface area contributed by atoms with Crippen molar-refractivity contribution in [1.82, 2.24) is 15.1 Å². The maximum atomic E-state index is 12.4. The molecule has 1 aliphatic heterocycles. The molecule has 1 aliphatic carbocycles. The predicted octanol–water partition coefficient (Wildman–Crippen LogP) is 1.72. The first-order chi connectivity index (χ1) is 13.0. The summed E-state index contributed by atoms with van der Waals surface area (Å²) in [7, 11) is 0. The molecule has 1 saturated carbocycles. The van der Waals surface area contributed by atoms with Crippen LogP contribution in [-0.2, 0) is 16.0 Å². The van der Waals surface area contributed by atoms with Crippen LogP contribution >= 0.6 is 0 Å². The van der Waals surface area contributed by atoms with E-state index < -0.39 is 0 Å². The van der Waals surface area contributed by atoms with Crippen LogP contribution in [0.1, 0.15) is 32.3 Å². The lowest BCUT2D eigenvalue weighted by Gasteiger charge is -2.34. The molecule has 0 unspecified atom stereocenters. The summed E-state index contributed by atoms with van der Waals surface area (Å²) in [6, 6.07) is 8.24. The number of nitrogens with one attached hydrogen (secondary N) is 2. The molecule has 0 spiro atoms. The molecule has 1 saturated heterocycles. The second kappa shape index (κ2) is 9.33. The summed E-state index contributed by atoms with van der Waals surface area (Å²) in [6.07, 6.45) is 3.38. The highest BCUT2D eigenvalue weighted by atomic mass is 16.2. The van der Waals surface area contributed by atoms with Crippen molar-refractivity contribution in [2.75, 3.05) is 44.6 Å². The third-order valence-electron chi connectivity index (χ3n) is 5.59. The molecule has 0 radical (unpaired) electrons. The molecule has 0 bridgehead atoms. The van der Waals surface area contributed by atoms with Crippen molar-refractivity contribution in [2.45, 2.75) is 39.2 Å². The van der Waals surface area contributed by atoms with Crippen molar-refractivity contribution in [3.63, 3.8) is 0 Å². The zero-order chi connectivity index (χ0) is 19.2. The minimum Gasteiger partial charge on any atom is -0.352 e. The number of anilines is 1. The molecule has 1 aromatic carbocycles. The van der Waals surface area contributed by atoms with E-state index in [0.717, 1.165) is 43.9 Å². The molecule has 2 fully saturated rings. The van der Waals surface area contributed by atoms with E-state index in [1.165, 1.54) is 12.8 Å². The minimum atomic E-state index is 0.0281. The molecule has 1 atom stereocenters. The standard InChI is InChI=1S/C21H32N4O2/c1-3-17-6-4-5-7-19(17)23-21(27)15-25-12-10-24(11-13-25)14-20(26)22-16(2)18-8-9-18/h4-7,16,18H,3,8-15H2,1-2H3,(H,22,26)(H,23,27)/t16-/m0/s1. The summed E-state index contributed by atoms with van der Waals surface area (Å²) in [5.74, 6) is 0.833. The number of amides is 2. The first kappa shape index (κ1) is 19.8. The maximum Gasteiger partial charge on any atom is 0.238 e. The van der Waals surface area contributed by atoms with E-state index in [9.17, 15) is 9.59 Å². The Bertz CT molecular complexity index is 651. The number of benzene rings is 1. The number of hydrogen-bond donors (Lipinski definition) is 2. The fourth-order valence-electron chi connectivity index (χ4n) is 3.67. The molecule has 1 heterocycles. The van der Waals surface area contributed by atoms with Gasteiger partial charge in [0, 0.05) is 37.9 Å². The van der Waals surface area contributed by atoms with Gasteiger partial charge in [-0.25, -0.2) is 0 Å². The fraction of sp³-hybridized carbons (Fsp3) is 0.619. The first-order valence-corrected chi connectivity index (χ1v) is 10.2. The van der Waals surface area contributed by atoms with Crippen LogP contribution in [0.25, 0.3) is 0 Å². The number of aryl methyl sites for hydroxylation is 1. The van der Waals surface area contributed by atoms with Gasteiger partial charge in [0.15, 0.2) is 0 Å². The molecule has 2 aliphatic rings. The Labute approximate surface area is 162 Å². The molecule has 6 nitrogen and oxygen atoms in total. The highest BCUT2D eigenvalue weighted by molar-refractivity contribution is 5.93. The summed E-state index contributed by atoms with van der Waals surface area (Å²) in [5, 5.41) is 6.14. The monoisotopic (exact) mass is 372 g/mol. The van der Waals surface area contributed by atoms with Crippen molar-refractivity contribution in [3.8, 4) is 0 Å². The van der Waals surface area contributed by atoms with Gasteiger partial charge in [0.1, 0.15) is 0 Å². The summed E-state index contributed by atoms with van der Waals surface area (Å²) in [4.78, 5) is 28.8. The largest absolute Gasteiger partial charge is 0.352 e. The average Bonchev–Trinajstić information content (AvgIpc) is 3.49. The summed E-state index contributed by atoms with van der Waals surface area (Å²) < 4.78 is 0. The third kappa shape index (κ3) is 6.04. The van der Waals surface area contributed by atoms with Crippen molar-refractivity contribution in [2.24, 2.45) is 5.92 Å². The summed E-state index contributed by atoms with van der Waals surface area (Å²) in [5.41, 5.74) is 2.06. The number of carbonyl (C=O) groups excluding carboxylic acids is 2. The Morgan fingerprint density at radius 3 is 2.22 bits per heavy atom. The van der Waals surface area contributed by atoms with E-state index in [1.807, 2.05) is 24.3 Å². The average molecular weight is 373 g/mol. The van der Waals surface area contributed by atoms with E-state index in [4.69, 9.17) is 0 Å². The summed E-state index contributed by atoms with van der Waals surface area (Å²) >= 11 is 0. The van der Waals surface area contributed by atoms with E-state index in [1.54, 1.807) is 0 Å². The van der Waals surface area contributed by atoms with Gasteiger partial charge >= 0.3 is 0 Å². The topological polar surface area (TPSA) is 64.7 Å². The third-order valence-corrected chi connectivity index (χ3v) is 5.59. The van der Waals surface area contributed by atoms with E-state index in [-0.39, 0.29) is 11.8 Å². The zero-order valence-electron chi connectivity index (χ0n) is 16.5. The van der Waals surface area contributed by atoms with Gasteiger partial charge in [-0.3, -0.25) is 19.4 Å². The Balaban J connectivity index is 1.37. The SMILES string of the molecule is CCc1ccccc1NC(=O)CN1CCN(CC(=O)N[C@@H](C)C2CC2)CC1. The van der Waals surface area contributed by atoms with Crippen molar-refractivity contribution >= 4 is 17.5 Å². The van der Waals surface area contributed by atoms with Gasteiger partial charge in [0.05, 0.1) is 13.1 Å². The van der Waals surface area contributed by atoms with Crippen molar-refractivity contribution in [1.29, 1.82) is 0 Å². The second-order valence-corrected chi connectivity index (χ2v) is 7.80. The molecule has 0 aromatic heterocycles. The highest BCUT2D eigenvalue weighted by Gasteiger charge is 2.29. The Kier molecular flexibility index (Phi) is 6.85. The number of carbonyl (C=O) groups is 2. The normalized spacial score (nSPS) is 19.5. The number of para-hydroxylation sites is 1. The zero-order valence-corrected chi connectivity index (χ0v) is 16.5. The Morgan fingerprint density at radius 2 is 1.63 bits per heavy atom. The Morgan fingerprint density at radius 1 is 1.04 bits per heavy atom. The number of hydrogen-bond acceptors (Lipinski definition) is 4. The van der Waals surface area contributed by atoms with Crippen LogP contribution in [-0.4, -0.2) is 66.9 Å². The first-order valence-electron chi connectivity index (χ1n) is 10.2. The fourth-order valence-corrected chi connectivity index (χ4v) is 3.67. The van der Waals surface area contributed by atoms with Crippen LogP contribution in [0.15, 0.2) is 24.3 Å². The van der Waals surface area contributed by atoms with Gasteiger partial charge in [0.25, 0.3) is 0 Å². The van der Waals surface area contributed by atoms with Gasteiger partial charge < -0.3 is 10.6 Å². The smallest absolute Gasteiger partial charge is 0.238 e. The molecule has 148 valence electrons. The molecular weight excluding hydrogens is 340 g/mol. The lowest BCUT2D eigenvalue weighted by atomic mass is 10.1. The molecule has 3 rings (SSSR count). The second-order valence-electron chi connectivity index (χ2n) is 7.80. The van der Waals surface area contributed by atoms with Gasteiger partial charge in [-0.15, -0.1) is 0 Å². The maximum absolute atomic E-state index is 12.4. The van der Waals surface area contributed by atoms with Crippen molar-refractivity contribution in [3.05, 3.63) is 29.8 Å². The quantitative estimate of drug-likeness (QED) is 0.729. The van der Waals surface area contributed by atoms with Crippen LogP contribution in [0.3, 0.4) is 0 Å². The van der Waals surface area contributed by atoms with Gasteiger partial charge in [-0.2, -0.15) is 0 Å². The van der Waals surface area contributed by atoms with Gasteiger partial charge in [0.2, 0.25) is 11.8 Å². The predicted molar refractivity (Wildman–Crippen MR) is 108 cm³/mol. The molecule has 2 N–H and O–H groups in total. The van der Waals surface area contributed by atoms with Crippen LogP contribution < -0.4 is 10.6 Å². The Hall–Kier alpha value is -1.92. The number of rotatable bonds is 8. The number of nitrogens with zero attached hydrogens (tertiary/aromatic N) is 2. The molecule has 2 amide bonds.